The molecule has 0 aromatic heterocycles. The maximum Gasteiger partial charge on any atom is 0.0725 e. The second-order valence-corrected chi connectivity index (χ2v) is 21.2. The molecule has 12 aromatic rings. The molecule has 2 aliphatic rings. The third-order valence-corrected chi connectivity index (χ3v) is 15.6. The first-order valence-corrected chi connectivity index (χ1v) is 28.6. The van der Waals surface area contributed by atoms with E-state index in [1.54, 1.807) is 0 Å². The van der Waals surface area contributed by atoms with Gasteiger partial charge in [0.05, 0.1) is 5.41 Å². The van der Waals surface area contributed by atoms with Crippen molar-refractivity contribution in [2.45, 2.75) is 60.8 Å². The number of aryl methyl sites for hydroxylation is 6. The van der Waals surface area contributed by atoms with Crippen LogP contribution in [0.3, 0.4) is 0 Å². The molecule has 0 saturated heterocycles. The van der Waals surface area contributed by atoms with Gasteiger partial charge >= 0.3 is 0 Å². The van der Waals surface area contributed by atoms with E-state index in [-0.39, 0.29) is 5.41 Å². The fraction of sp³-hybridized carbons (Fsp3) is 0.111. The van der Waals surface area contributed by atoms with Crippen LogP contribution in [-0.4, -0.2) is 0 Å². The van der Waals surface area contributed by atoms with Crippen LogP contribution in [0.2, 0.25) is 0 Å². The maximum atomic E-state index is 2.40. The van der Waals surface area contributed by atoms with Gasteiger partial charge in [0.2, 0.25) is 0 Å². The molecule has 0 aliphatic heterocycles. The van der Waals surface area contributed by atoms with E-state index in [0.717, 1.165) is 0 Å². The Kier molecular flexibility index (Phi) is 17.1. The molecule has 0 saturated carbocycles. The summed E-state index contributed by atoms with van der Waals surface area (Å²) < 4.78 is 0. The van der Waals surface area contributed by atoms with E-state index in [1.807, 2.05) is 38.1 Å². The molecule has 81 heavy (non-hydrogen) atoms. The first-order valence-electron chi connectivity index (χ1n) is 28.6. The predicted molar refractivity (Wildman–Crippen MR) is 349 cm³/mol. The molecule has 0 atom stereocenters. The molecule has 0 unspecified atom stereocenters. The minimum Gasteiger partial charge on any atom is -0.0683 e. The van der Waals surface area contributed by atoms with Gasteiger partial charge in [0, 0.05) is 0 Å². The molecule has 1 spiro atoms. The van der Waals surface area contributed by atoms with Crippen LogP contribution in [0, 0.1) is 41.5 Å². The van der Waals surface area contributed by atoms with Crippen molar-refractivity contribution in [3.8, 4) is 77.9 Å². The highest BCUT2D eigenvalue weighted by Gasteiger charge is 2.51. The van der Waals surface area contributed by atoms with Crippen molar-refractivity contribution >= 4 is 0 Å². The van der Waals surface area contributed by atoms with Gasteiger partial charge in [-0.25, -0.2) is 0 Å². The fourth-order valence-electron chi connectivity index (χ4n) is 11.9. The van der Waals surface area contributed by atoms with Crippen LogP contribution in [0.4, 0.5) is 0 Å². The Labute approximate surface area is 482 Å². The molecule has 0 heteroatoms. The number of hydrogen-bond donors (Lipinski definition) is 0. The second kappa shape index (κ2) is 25.2. The van der Waals surface area contributed by atoms with Crippen molar-refractivity contribution in [3.63, 3.8) is 0 Å². The summed E-state index contributed by atoms with van der Waals surface area (Å²) in [5, 5.41) is 0. The molecule has 0 nitrogen and oxygen atoms in total. The van der Waals surface area contributed by atoms with Crippen molar-refractivity contribution in [2.24, 2.45) is 0 Å². The summed E-state index contributed by atoms with van der Waals surface area (Å²) in [6.07, 6.45) is 0. The topological polar surface area (TPSA) is 0 Å². The Morgan fingerprint density at radius 2 is 0.543 bits per heavy atom. The van der Waals surface area contributed by atoms with Crippen LogP contribution >= 0.6 is 0 Å². The molecular weight excluding hydrogens is 973 g/mol. The zero-order valence-corrected chi connectivity index (χ0v) is 48.2. The number of benzene rings is 12. The zero-order chi connectivity index (χ0) is 56.3. The standard InChI is InChI=1S/C33H28.C26H18.C13H12.C7H8.C2H6/c1-23-19-28(26-12-5-4-6-13-26)22-29(20-23)33-16-10-9-15-32(33)27-17-18-31(25(3)21-27)30-14-8-7-11-24(30)2;1-17-14-15-21-20-10-4-7-13-24(20)26(25(21)16-17)22-11-5-2-8-18(22)19-9-3-6-12-23(19)26;1-11-7-9-13(10-8-11)12-5-3-2-4-6-12;1-7-5-3-2-4-6-7;1-2/h4-22H,1-3H3;2-16H,1H3;2-10H,1H3;2-6H,1H3;1-2H3. The van der Waals surface area contributed by atoms with Gasteiger partial charge in [0.25, 0.3) is 0 Å². The van der Waals surface area contributed by atoms with Gasteiger partial charge in [-0.15, -0.1) is 0 Å². The largest absolute Gasteiger partial charge is 0.0725 e. The van der Waals surface area contributed by atoms with Crippen LogP contribution in [0.15, 0.2) is 291 Å². The molecule has 0 radical (unpaired) electrons. The number of hydrogen-bond acceptors (Lipinski definition) is 0. The molecule has 0 amide bonds. The average molecular weight is 1050 g/mol. The second-order valence-electron chi connectivity index (χ2n) is 21.2. The summed E-state index contributed by atoms with van der Waals surface area (Å²) in [6.45, 7) is 17.0. The third kappa shape index (κ3) is 11.6. The molecule has 0 heterocycles. The minimum absolute atomic E-state index is 0.189. The Bertz CT molecular complexity index is 3990. The van der Waals surface area contributed by atoms with Gasteiger partial charge in [0.15, 0.2) is 0 Å². The highest BCUT2D eigenvalue weighted by atomic mass is 14.5. The lowest BCUT2D eigenvalue weighted by Gasteiger charge is -2.30. The van der Waals surface area contributed by atoms with Gasteiger partial charge in [0.1, 0.15) is 0 Å². The van der Waals surface area contributed by atoms with E-state index in [9.17, 15) is 0 Å². The van der Waals surface area contributed by atoms with Crippen LogP contribution < -0.4 is 0 Å². The minimum atomic E-state index is -0.189. The molecule has 2 aliphatic carbocycles. The zero-order valence-electron chi connectivity index (χ0n) is 48.2. The average Bonchev–Trinajstić information content (AvgIpc) is 2.45. The first-order chi connectivity index (χ1) is 39.7. The third-order valence-electron chi connectivity index (χ3n) is 15.6. The summed E-state index contributed by atoms with van der Waals surface area (Å²) in [7, 11) is 0. The van der Waals surface area contributed by atoms with Crippen LogP contribution in [0.25, 0.3) is 77.9 Å². The lowest BCUT2D eigenvalue weighted by Crippen LogP contribution is -2.25. The summed E-state index contributed by atoms with van der Waals surface area (Å²) in [6, 6.07) is 105. The molecule has 12 aromatic carbocycles. The van der Waals surface area contributed by atoms with Gasteiger partial charge in [-0.3, -0.25) is 0 Å². The molecular formula is C81H72. The fourth-order valence-corrected chi connectivity index (χ4v) is 11.9. The van der Waals surface area contributed by atoms with Crippen LogP contribution in [0.1, 0.15) is 69.5 Å². The smallest absolute Gasteiger partial charge is 0.0683 e. The van der Waals surface area contributed by atoms with Gasteiger partial charge in [-0.2, -0.15) is 0 Å². The summed E-state index contributed by atoms with van der Waals surface area (Å²) in [5.41, 5.74) is 31.5. The van der Waals surface area contributed by atoms with Crippen molar-refractivity contribution in [2.75, 3.05) is 0 Å². The van der Waals surface area contributed by atoms with Crippen molar-refractivity contribution in [3.05, 3.63) is 347 Å². The summed E-state index contributed by atoms with van der Waals surface area (Å²) >= 11 is 0. The van der Waals surface area contributed by atoms with Gasteiger partial charge in [-0.05, 0) is 164 Å². The highest BCUT2D eigenvalue weighted by molar-refractivity contribution is 5.95. The Balaban J connectivity index is 0.000000135. The SMILES string of the molecule is CC.Cc1cc(-c2ccccc2)cc(-c2ccccc2-c2ccc(-c3ccccc3C)c(C)c2)c1.Cc1ccc(-c2ccccc2)cc1.Cc1ccc2c(c1)C1(c3ccccc3-c3ccccc31)c1ccccc1-2.Cc1ccccc1. The van der Waals surface area contributed by atoms with Crippen LogP contribution in [-0.2, 0) is 5.41 Å². The number of rotatable bonds is 5. The van der Waals surface area contributed by atoms with Crippen molar-refractivity contribution in [1.82, 2.24) is 0 Å². The van der Waals surface area contributed by atoms with Crippen molar-refractivity contribution < 1.29 is 0 Å². The van der Waals surface area contributed by atoms with E-state index in [1.165, 1.54) is 134 Å². The Morgan fingerprint density at radius 3 is 1.05 bits per heavy atom. The molecule has 0 bridgehead atoms. The summed E-state index contributed by atoms with van der Waals surface area (Å²) in [4.78, 5) is 0. The summed E-state index contributed by atoms with van der Waals surface area (Å²) in [5.74, 6) is 0. The highest BCUT2D eigenvalue weighted by Crippen LogP contribution is 2.62. The molecule has 0 N–H and O–H groups in total. The monoisotopic (exact) mass is 1040 g/mol. The quantitative estimate of drug-likeness (QED) is 0.161. The van der Waals surface area contributed by atoms with Crippen LogP contribution in [0.5, 0.6) is 0 Å². The van der Waals surface area contributed by atoms with Crippen molar-refractivity contribution in [1.29, 1.82) is 0 Å². The van der Waals surface area contributed by atoms with E-state index >= 15 is 0 Å². The Morgan fingerprint density at radius 1 is 0.185 bits per heavy atom. The van der Waals surface area contributed by atoms with Gasteiger partial charge in [-0.1, -0.05) is 316 Å². The number of fused-ring (bicyclic) bond motifs is 10. The molecule has 14 rings (SSSR count). The molecule has 396 valence electrons. The lowest BCUT2D eigenvalue weighted by atomic mass is 9.70. The first kappa shape index (κ1) is 55.0. The van der Waals surface area contributed by atoms with E-state index in [0.29, 0.717) is 0 Å². The predicted octanol–water partition coefficient (Wildman–Crippen LogP) is 22.3. The van der Waals surface area contributed by atoms with E-state index in [2.05, 4.69) is 308 Å². The van der Waals surface area contributed by atoms with Gasteiger partial charge < -0.3 is 0 Å². The maximum absolute atomic E-state index is 2.40. The normalized spacial score (nSPS) is 11.6. The van der Waals surface area contributed by atoms with E-state index in [4.69, 9.17) is 0 Å². The lowest BCUT2D eigenvalue weighted by molar-refractivity contribution is 0.792. The molecule has 0 fully saturated rings. The van der Waals surface area contributed by atoms with E-state index < -0.39 is 0 Å². The Hall–Kier alpha value is -9.36.